The van der Waals surface area contributed by atoms with Crippen LogP contribution in [-0.4, -0.2) is 68.0 Å². The molecule has 1 amide bonds. The molecule has 0 aromatic carbocycles. The van der Waals surface area contributed by atoms with Gasteiger partial charge >= 0.3 is 0 Å². The molecule has 6 nitrogen and oxygen atoms in total. The first-order valence-corrected chi connectivity index (χ1v) is 9.57. The molecule has 1 atom stereocenters. The van der Waals surface area contributed by atoms with Gasteiger partial charge in [0.2, 0.25) is 5.91 Å². The highest BCUT2D eigenvalue weighted by molar-refractivity contribution is 5.80. The summed E-state index contributed by atoms with van der Waals surface area (Å²) < 4.78 is 0. The number of aliphatic imine (C=N–C) groups is 1. The third kappa shape index (κ3) is 5.96. The normalized spacial score (nSPS) is 24.2. The van der Waals surface area contributed by atoms with Gasteiger partial charge in [-0.05, 0) is 64.1 Å². The van der Waals surface area contributed by atoms with E-state index in [1.807, 2.05) is 7.05 Å². The molecule has 6 heteroatoms. The minimum absolute atomic E-state index is 0.0955. The molecule has 2 aliphatic heterocycles. The molecule has 24 heavy (non-hydrogen) atoms. The number of hydrogen-bond donors (Lipinski definition) is 2. The molecule has 2 aliphatic rings. The van der Waals surface area contributed by atoms with Gasteiger partial charge in [0.05, 0.1) is 0 Å². The lowest BCUT2D eigenvalue weighted by Gasteiger charge is -2.33. The van der Waals surface area contributed by atoms with Crippen molar-refractivity contribution in [2.75, 3.05) is 46.3 Å². The quantitative estimate of drug-likeness (QED) is 0.435. The van der Waals surface area contributed by atoms with E-state index < -0.39 is 0 Å². The van der Waals surface area contributed by atoms with Gasteiger partial charge in [0.1, 0.15) is 0 Å². The molecular weight excluding hydrogens is 302 g/mol. The second-order valence-corrected chi connectivity index (χ2v) is 7.39. The van der Waals surface area contributed by atoms with Crippen LogP contribution in [0.3, 0.4) is 0 Å². The molecule has 1 unspecified atom stereocenters. The fraction of sp³-hybridized carbons (Fsp3) is 0.889. The summed E-state index contributed by atoms with van der Waals surface area (Å²) in [6.07, 6.45) is 6.78. The van der Waals surface area contributed by atoms with E-state index in [0.29, 0.717) is 0 Å². The zero-order valence-electron chi connectivity index (χ0n) is 15.5. The van der Waals surface area contributed by atoms with Crippen LogP contribution in [0.2, 0.25) is 0 Å². The third-order valence-electron chi connectivity index (χ3n) is 5.34. The van der Waals surface area contributed by atoms with Crippen LogP contribution in [0.4, 0.5) is 0 Å². The van der Waals surface area contributed by atoms with E-state index in [-0.39, 0.29) is 11.8 Å². The van der Waals surface area contributed by atoms with Crippen molar-refractivity contribution in [1.82, 2.24) is 15.1 Å². The van der Waals surface area contributed by atoms with Gasteiger partial charge in [-0.3, -0.25) is 9.79 Å². The number of nitrogens with zero attached hydrogens (tertiary/aromatic N) is 3. The number of nitrogens with two attached hydrogens (primary N) is 1. The van der Waals surface area contributed by atoms with Crippen molar-refractivity contribution in [2.45, 2.75) is 45.4 Å². The molecule has 0 spiro atoms. The van der Waals surface area contributed by atoms with Crippen molar-refractivity contribution >= 4 is 11.9 Å². The Bertz CT molecular complexity index is 418. The number of primary amides is 1. The summed E-state index contributed by atoms with van der Waals surface area (Å²) in [6.45, 7) is 8.68. The first-order valence-electron chi connectivity index (χ1n) is 9.57. The molecule has 2 fully saturated rings. The highest BCUT2D eigenvalue weighted by Gasteiger charge is 2.22. The Hall–Kier alpha value is -1.30. The van der Waals surface area contributed by atoms with Crippen LogP contribution in [0.25, 0.3) is 0 Å². The lowest BCUT2D eigenvalue weighted by atomic mass is 9.96. The monoisotopic (exact) mass is 337 g/mol. The van der Waals surface area contributed by atoms with Gasteiger partial charge in [0.15, 0.2) is 5.96 Å². The summed E-state index contributed by atoms with van der Waals surface area (Å²) in [5, 5.41) is 3.52. The average molecular weight is 338 g/mol. The molecule has 2 heterocycles. The van der Waals surface area contributed by atoms with Crippen molar-refractivity contribution in [3.8, 4) is 0 Å². The SMILES string of the molecule is CN=C(NCCCCN1CCC(C(N)=O)CC1)N1CCCC(C)C1. The van der Waals surface area contributed by atoms with E-state index in [9.17, 15) is 4.79 Å². The van der Waals surface area contributed by atoms with Crippen LogP contribution in [-0.2, 0) is 4.79 Å². The maximum Gasteiger partial charge on any atom is 0.220 e. The second kappa shape index (κ2) is 9.87. The zero-order valence-corrected chi connectivity index (χ0v) is 15.5. The Balaban J connectivity index is 1.57. The number of nitrogens with one attached hydrogen (secondary N) is 1. The molecular formula is C18H35N5O. The van der Waals surface area contributed by atoms with Crippen molar-refractivity contribution in [2.24, 2.45) is 22.6 Å². The lowest BCUT2D eigenvalue weighted by Crippen LogP contribution is -2.46. The van der Waals surface area contributed by atoms with Crippen LogP contribution < -0.4 is 11.1 Å². The van der Waals surface area contributed by atoms with E-state index in [1.54, 1.807) is 0 Å². The largest absolute Gasteiger partial charge is 0.369 e. The molecule has 138 valence electrons. The third-order valence-corrected chi connectivity index (χ3v) is 5.34. The number of amides is 1. The van der Waals surface area contributed by atoms with E-state index in [4.69, 9.17) is 5.73 Å². The van der Waals surface area contributed by atoms with Crippen LogP contribution in [0.5, 0.6) is 0 Å². The van der Waals surface area contributed by atoms with E-state index >= 15 is 0 Å². The molecule has 2 saturated heterocycles. The fourth-order valence-corrected chi connectivity index (χ4v) is 3.82. The smallest absolute Gasteiger partial charge is 0.220 e. The summed E-state index contributed by atoms with van der Waals surface area (Å²) in [6, 6.07) is 0. The molecule has 0 saturated carbocycles. The average Bonchev–Trinajstić information content (AvgIpc) is 2.58. The highest BCUT2D eigenvalue weighted by Crippen LogP contribution is 2.17. The maximum atomic E-state index is 11.2. The predicted octanol–water partition coefficient (Wildman–Crippen LogP) is 1.27. The highest BCUT2D eigenvalue weighted by atomic mass is 16.1. The summed E-state index contributed by atoms with van der Waals surface area (Å²) in [5.74, 6) is 1.79. The molecule has 2 rings (SSSR count). The number of carbonyl (C=O) groups excluding carboxylic acids is 1. The first-order chi connectivity index (χ1) is 11.6. The van der Waals surface area contributed by atoms with Gasteiger partial charge in [-0.2, -0.15) is 0 Å². The van der Waals surface area contributed by atoms with Crippen LogP contribution in [0.1, 0.15) is 45.4 Å². The summed E-state index contributed by atoms with van der Waals surface area (Å²) >= 11 is 0. The lowest BCUT2D eigenvalue weighted by molar-refractivity contribution is -0.123. The van der Waals surface area contributed by atoms with Gasteiger partial charge < -0.3 is 20.9 Å². The fourth-order valence-electron chi connectivity index (χ4n) is 3.82. The number of unbranched alkanes of at least 4 members (excludes halogenated alkanes) is 1. The molecule has 0 aromatic heterocycles. The van der Waals surface area contributed by atoms with Crippen molar-refractivity contribution in [3.63, 3.8) is 0 Å². The van der Waals surface area contributed by atoms with E-state index in [2.05, 4.69) is 27.0 Å². The minimum Gasteiger partial charge on any atom is -0.369 e. The zero-order chi connectivity index (χ0) is 17.4. The number of rotatable bonds is 6. The van der Waals surface area contributed by atoms with Crippen molar-refractivity contribution in [1.29, 1.82) is 0 Å². The van der Waals surface area contributed by atoms with Crippen LogP contribution in [0, 0.1) is 11.8 Å². The number of likely N-dealkylation sites (tertiary alicyclic amines) is 2. The summed E-state index contributed by atoms with van der Waals surface area (Å²) in [4.78, 5) is 20.5. The number of carbonyl (C=O) groups is 1. The standard InChI is InChI=1S/C18H35N5O/c1-15-6-5-11-23(14-15)18(20-2)21-9-3-4-10-22-12-7-16(8-13-22)17(19)24/h15-16H,3-14H2,1-2H3,(H2,19,24)(H,20,21). The second-order valence-electron chi connectivity index (χ2n) is 7.39. The topological polar surface area (TPSA) is 74.0 Å². The number of hydrogen-bond acceptors (Lipinski definition) is 3. The van der Waals surface area contributed by atoms with Gasteiger partial charge in [-0.15, -0.1) is 0 Å². The van der Waals surface area contributed by atoms with Gasteiger partial charge in [-0.1, -0.05) is 6.92 Å². The van der Waals surface area contributed by atoms with Crippen molar-refractivity contribution in [3.05, 3.63) is 0 Å². The van der Waals surface area contributed by atoms with E-state index in [1.165, 1.54) is 19.3 Å². The van der Waals surface area contributed by atoms with Crippen LogP contribution >= 0.6 is 0 Å². The number of piperidine rings is 2. The molecule has 0 aliphatic carbocycles. The van der Waals surface area contributed by atoms with Crippen LogP contribution in [0.15, 0.2) is 4.99 Å². The van der Waals surface area contributed by atoms with Crippen molar-refractivity contribution < 1.29 is 4.79 Å². The Labute approximate surface area is 146 Å². The summed E-state index contributed by atoms with van der Waals surface area (Å²) in [7, 11) is 1.88. The number of guanidine groups is 1. The van der Waals surface area contributed by atoms with Gasteiger partial charge in [-0.25, -0.2) is 0 Å². The van der Waals surface area contributed by atoms with Gasteiger partial charge in [0.25, 0.3) is 0 Å². The maximum absolute atomic E-state index is 11.2. The predicted molar refractivity (Wildman–Crippen MR) is 98.9 cm³/mol. The summed E-state index contributed by atoms with van der Waals surface area (Å²) in [5.41, 5.74) is 5.38. The molecule has 0 aromatic rings. The molecule has 0 radical (unpaired) electrons. The van der Waals surface area contributed by atoms with E-state index in [0.717, 1.165) is 70.4 Å². The first kappa shape index (κ1) is 19.0. The van der Waals surface area contributed by atoms with Gasteiger partial charge in [0, 0.05) is 32.6 Å². The Morgan fingerprint density at radius 2 is 1.96 bits per heavy atom. The Kier molecular flexibility index (Phi) is 7.82. The Morgan fingerprint density at radius 1 is 1.21 bits per heavy atom. The molecule has 3 N–H and O–H groups in total. The Morgan fingerprint density at radius 3 is 2.58 bits per heavy atom. The molecule has 0 bridgehead atoms. The minimum atomic E-state index is -0.128.